The van der Waals surface area contributed by atoms with Gasteiger partial charge in [0.15, 0.2) is 0 Å². The van der Waals surface area contributed by atoms with Crippen molar-refractivity contribution in [3.8, 4) is 5.75 Å². The minimum Gasteiger partial charge on any atom is -0.492 e. The molecule has 0 saturated heterocycles. The molecule has 5 heteroatoms. The zero-order valence-corrected chi connectivity index (χ0v) is 12.9. The molecule has 1 aromatic heterocycles. The van der Waals surface area contributed by atoms with E-state index in [4.69, 9.17) is 10.5 Å². The lowest BCUT2D eigenvalue weighted by Crippen LogP contribution is -2.45. The van der Waals surface area contributed by atoms with Crippen LogP contribution in [0.5, 0.6) is 5.75 Å². The summed E-state index contributed by atoms with van der Waals surface area (Å²) in [5, 5.41) is 2.79. The zero-order valence-electron chi connectivity index (χ0n) is 12.9. The number of nitrogens with one attached hydrogen (secondary N) is 1. The van der Waals surface area contributed by atoms with Crippen LogP contribution in [0.1, 0.15) is 25.8 Å². The van der Waals surface area contributed by atoms with Crippen LogP contribution >= 0.6 is 0 Å². The third-order valence-electron chi connectivity index (χ3n) is 3.29. The van der Waals surface area contributed by atoms with E-state index >= 15 is 0 Å². The first-order chi connectivity index (χ1) is 10.5. The van der Waals surface area contributed by atoms with E-state index in [0.717, 1.165) is 12.0 Å². The number of nitrogens with two attached hydrogens (primary N) is 1. The molecule has 0 aliphatic heterocycles. The first-order valence-corrected chi connectivity index (χ1v) is 7.27. The minimum absolute atomic E-state index is 0.298. The van der Waals surface area contributed by atoms with Crippen molar-refractivity contribution < 1.29 is 9.53 Å². The quantitative estimate of drug-likeness (QED) is 0.859. The summed E-state index contributed by atoms with van der Waals surface area (Å²) in [5.74, 6) is 0.325. The second-order valence-corrected chi connectivity index (χ2v) is 5.28. The van der Waals surface area contributed by atoms with Crippen LogP contribution in [-0.2, 0) is 10.3 Å². The van der Waals surface area contributed by atoms with Gasteiger partial charge in [0, 0.05) is 6.07 Å². The van der Waals surface area contributed by atoms with Gasteiger partial charge in [0.1, 0.15) is 11.3 Å². The molecule has 0 fully saturated rings. The first kappa shape index (κ1) is 16.0. The van der Waals surface area contributed by atoms with E-state index in [1.165, 1.54) is 0 Å². The van der Waals surface area contributed by atoms with Crippen LogP contribution in [-0.4, -0.2) is 17.5 Å². The highest BCUT2D eigenvalue weighted by Crippen LogP contribution is 2.21. The molecule has 2 aromatic rings. The molecule has 1 atom stereocenters. The number of rotatable bonds is 6. The summed E-state index contributed by atoms with van der Waals surface area (Å²) in [7, 11) is 0. The van der Waals surface area contributed by atoms with E-state index in [0.29, 0.717) is 18.0 Å². The number of benzene rings is 1. The molecule has 1 unspecified atom stereocenters. The van der Waals surface area contributed by atoms with Gasteiger partial charge in [0.25, 0.3) is 0 Å². The molecule has 1 aromatic carbocycles. The molecule has 0 saturated carbocycles. The van der Waals surface area contributed by atoms with Gasteiger partial charge in [-0.2, -0.15) is 0 Å². The Kier molecular flexibility index (Phi) is 5.12. The van der Waals surface area contributed by atoms with Gasteiger partial charge in [-0.15, -0.1) is 0 Å². The molecule has 0 radical (unpaired) electrons. The molecular formula is C17H21N3O2. The van der Waals surface area contributed by atoms with Crippen LogP contribution in [0, 0.1) is 0 Å². The number of amides is 1. The monoisotopic (exact) mass is 299 g/mol. The highest BCUT2D eigenvalue weighted by atomic mass is 16.5. The van der Waals surface area contributed by atoms with E-state index in [1.54, 1.807) is 25.4 Å². The second-order valence-electron chi connectivity index (χ2n) is 5.28. The minimum atomic E-state index is -1.12. The van der Waals surface area contributed by atoms with Crippen molar-refractivity contribution in [1.29, 1.82) is 0 Å². The number of pyridine rings is 1. The Hall–Kier alpha value is -2.40. The van der Waals surface area contributed by atoms with Crippen LogP contribution in [0.15, 0.2) is 48.8 Å². The Morgan fingerprint density at radius 2 is 2.05 bits per heavy atom. The van der Waals surface area contributed by atoms with Crippen molar-refractivity contribution >= 4 is 11.6 Å². The fourth-order valence-corrected chi connectivity index (χ4v) is 1.96. The summed E-state index contributed by atoms with van der Waals surface area (Å²) >= 11 is 0. The number of carbonyl (C=O) groups excluding carboxylic acids is 1. The van der Waals surface area contributed by atoms with Gasteiger partial charge >= 0.3 is 0 Å². The van der Waals surface area contributed by atoms with Gasteiger partial charge in [-0.1, -0.05) is 37.3 Å². The van der Waals surface area contributed by atoms with Crippen molar-refractivity contribution in [1.82, 2.24) is 4.98 Å². The first-order valence-electron chi connectivity index (χ1n) is 7.27. The van der Waals surface area contributed by atoms with Gasteiger partial charge in [0.2, 0.25) is 5.91 Å². The van der Waals surface area contributed by atoms with Gasteiger partial charge < -0.3 is 15.8 Å². The fraction of sp³-hybridized carbons (Fsp3) is 0.294. The largest absolute Gasteiger partial charge is 0.492 e. The normalized spacial score (nSPS) is 13.2. The predicted molar refractivity (Wildman–Crippen MR) is 86.6 cm³/mol. The van der Waals surface area contributed by atoms with Crippen LogP contribution in [0.4, 0.5) is 5.69 Å². The van der Waals surface area contributed by atoms with Crippen molar-refractivity contribution in [2.45, 2.75) is 25.8 Å². The Labute approximate surface area is 130 Å². The highest BCUT2D eigenvalue weighted by molar-refractivity contribution is 5.98. The van der Waals surface area contributed by atoms with Crippen LogP contribution in [0.3, 0.4) is 0 Å². The van der Waals surface area contributed by atoms with E-state index < -0.39 is 5.54 Å². The standard InChI is InChI=1S/C17H21N3O2/c1-3-9-22-15-10-14(11-19-12-15)20-16(21)17(2,18)13-7-5-4-6-8-13/h4-8,10-12H,3,9,18H2,1-2H3,(H,20,21). The van der Waals surface area contributed by atoms with Crippen LogP contribution in [0.25, 0.3) is 0 Å². The SMILES string of the molecule is CCCOc1cncc(NC(=O)C(C)(N)c2ccccc2)c1. The zero-order chi connectivity index (χ0) is 16.0. The molecule has 1 amide bonds. The molecule has 0 spiro atoms. The summed E-state index contributed by atoms with van der Waals surface area (Å²) in [4.78, 5) is 16.5. The molecule has 116 valence electrons. The summed E-state index contributed by atoms with van der Waals surface area (Å²) in [6.45, 7) is 4.32. The maximum absolute atomic E-state index is 12.5. The van der Waals surface area contributed by atoms with Crippen molar-refractivity contribution in [3.63, 3.8) is 0 Å². The smallest absolute Gasteiger partial charge is 0.248 e. The van der Waals surface area contributed by atoms with E-state index in [9.17, 15) is 4.79 Å². The maximum Gasteiger partial charge on any atom is 0.248 e. The number of hydrogen-bond acceptors (Lipinski definition) is 4. The lowest BCUT2D eigenvalue weighted by molar-refractivity contribution is -0.120. The van der Waals surface area contributed by atoms with Gasteiger partial charge in [0.05, 0.1) is 24.7 Å². The molecule has 0 aliphatic rings. The van der Waals surface area contributed by atoms with Crippen molar-refractivity contribution in [2.75, 3.05) is 11.9 Å². The average Bonchev–Trinajstić information content (AvgIpc) is 2.54. The van der Waals surface area contributed by atoms with E-state index in [-0.39, 0.29) is 5.91 Å². The Bertz CT molecular complexity index is 627. The number of anilines is 1. The van der Waals surface area contributed by atoms with Gasteiger partial charge in [-0.25, -0.2) is 0 Å². The number of aromatic nitrogens is 1. The second kappa shape index (κ2) is 7.04. The van der Waals surface area contributed by atoms with Crippen molar-refractivity contribution in [2.24, 2.45) is 5.73 Å². The third-order valence-corrected chi connectivity index (χ3v) is 3.29. The molecule has 5 nitrogen and oxygen atoms in total. The van der Waals surface area contributed by atoms with Gasteiger partial charge in [-0.3, -0.25) is 9.78 Å². The molecule has 3 N–H and O–H groups in total. The summed E-state index contributed by atoms with van der Waals surface area (Å²) in [6.07, 6.45) is 4.09. The number of carbonyl (C=O) groups is 1. The molecule has 22 heavy (non-hydrogen) atoms. The summed E-state index contributed by atoms with van der Waals surface area (Å²) in [5.41, 5.74) is 6.37. The van der Waals surface area contributed by atoms with E-state index in [2.05, 4.69) is 10.3 Å². The Morgan fingerprint density at radius 3 is 2.73 bits per heavy atom. The summed E-state index contributed by atoms with van der Waals surface area (Å²) < 4.78 is 5.50. The third kappa shape index (κ3) is 3.83. The Balaban J connectivity index is 2.11. The molecule has 0 bridgehead atoms. The van der Waals surface area contributed by atoms with Crippen LogP contribution < -0.4 is 15.8 Å². The lowest BCUT2D eigenvalue weighted by atomic mass is 9.92. The number of hydrogen-bond donors (Lipinski definition) is 2. The lowest BCUT2D eigenvalue weighted by Gasteiger charge is -2.24. The molecule has 2 rings (SSSR count). The molecular weight excluding hydrogens is 278 g/mol. The van der Waals surface area contributed by atoms with Crippen LogP contribution in [0.2, 0.25) is 0 Å². The topological polar surface area (TPSA) is 77.2 Å². The maximum atomic E-state index is 12.5. The predicted octanol–water partition coefficient (Wildman–Crippen LogP) is 2.68. The number of ether oxygens (including phenoxy) is 1. The molecule has 1 heterocycles. The van der Waals surface area contributed by atoms with E-state index in [1.807, 2.05) is 37.3 Å². The Morgan fingerprint density at radius 1 is 1.32 bits per heavy atom. The molecule has 0 aliphatic carbocycles. The average molecular weight is 299 g/mol. The van der Waals surface area contributed by atoms with Gasteiger partial charge in [-0.05, 0) is 18.9 Å². The highest BCUT2D eigenvalue weighted by Gasteiger charge is 2.30. The van der Waals surface area contributed by atoms with Crippen molar-refractivity contribution in [3.05, 3.63) is 54.4 Å². The summed E-state index contributed by atoms with van der Waals surface area (Å²) in [6, 6.07) is 11.0. The number of nitrogens with zero attached hydrogens (tertiary/aromatic N) is 1. The fourth-order valence-electron chi connectivity index (χ4n) is 1.96.